The predicted molar refractivity (Wildman–Crippen MR) is 94.9 cm³/mol. The highest BCUT2D eigenvalue weighted by molar-refractivity contribution is 7.89. The third-order valence-corrected chi connectivity index (χ3v) is 5.37. The van der Waals surface area contributed by atoms with E-state index in [4.69, 9.17) is 4.52 Å². The van der Waals surface area contributed by atoms with Crippen LogP contribution in [0.1, 0.15) is 36.1 Å². The van der Waals surface area contributed by atoms with Gasteiger partial charge in [0, 0.05) is 11.1 Å². The van der Waals surface area contributed by atoms with Crippen molar-refractivity contribution in [3.8, 4) is 11.4 Å². The highest BCUT2D eigenvalue weighted by Gasteiger charge is 2.23. The smallest absolute Gasteiger partial charge is 0.244 e. The molecule has 0 spiro atoms. The molecule has 140 valence electrons. The number of Topliss-reactive ketones (excluding diaryl/α,β-unsaturated/α-hetero) is 1. The summed E-state index contributed by atoms with van der Waals surface area (Å²) in [7, 11) is -3.85. The van der Waals surface area contributed by atoms with E-state index in [9.17, 15) is 17.6 Å². The highest BCUT2D eigenvalue weighted by atomic mass is 32.2. The van der Waals surface area contributed by atoms with Gasteiger partial charge in [0.25, 0.3) is 0 Å². The fourth-order valence-electron chi connectivity index (χ4n) is 2.35. The summed E-state index contributed by atoms with van der Waals surface area (Å²) >= 11 is 0. The summed E-state index contributed by atoms with van der Waals surface area (Å²) < 4.78 is 45.5. The minimum atomic E-state index is -3.85. The second-order valence-corrected chi connectivity index (χ2v) is 7.60. The summed E-state index contributed by atoms with van der Waals surface area (Å²) in [6, 6.07) is 10.3. The maximum absolute atomic E-state index is 13.0. The van der Waals surface area contributed by atoms with Gasteiger partial charge >= 0.3 is 0 Å². The summed E-state index contributed by atoms with van der Waals surface area (Å²) in [6.07, 6.45) is 0. The van der Waals surface area contributed by atoms with Crippen LogP contribution in [-0.4, -0.2) is 24.3 Å². The number of sulfonamides is 1. The van der Waals surface area contributed by atoms with Gasteiger partial charge in [-0.25, -0.2) is 12.8 Å². The summed E-state index contributed by atoms with van der Waals surface area (Å²) in [5.74, 6) is -0.251. The van der Waals surface area contributed by atoms with Crippen LogP contribution >= 0.6 is 0 Å². The first kappa shape index (κ1) is 18.9. The van der Waals surface area contributed by atoms with Gasteiger partial charge in [-0.15, -0.1) is 0 Å². The molecule has 1 unspecified atom stereocenters. The number of hydrogen-bond donors (Lipinski definition) is 1. The number of nitrogens with one attached hydrogen (secondary N) is 1. The molecule has 0 aliphatic carbocycles. The third-order valence-electron chi connectivity index (χ3n) is 3.82. The lowest BCUT2D eigenvalue weighted by atomic mass is 10.2. The van der Waals surface area contributed by atoms with Gasteiger partial charge in [-0.1, -0.05) is 17.3 Å². The fourth-order valence-corrected chi connectivity index (χ4v) is 3.54. The Labute approximate surface area is 155 Å². The zero-order valence-electron chi connectivity index (χ0n) is 14.5. The SMILES string of the molecule is CC(=O)c1ccc(S(=O)(=O)NC(C)c2nc(-c3ccc(F)cc3)no2)cc1. The van der Waals surface area contributed by atoms with Gasteiger partial charge in [0.2, 0.25) is 21.7 Å². The van der Waals surface area contributed by atoms with Crippen LogP contribution in [0.2, 0.25) is 0 Å². The van der Waals surface area contributed by atoms with Crippen molar-refractivity contribution in [2.24, 2.45) is 0 Å². The molecular formula is C18H16FN3O4S. The van der Waals surface area contributed by atoms with Crippen LogP contribution in [0.3, 0.4) is 0 Å². The minimum absolute atomic E-state index is 0.0117. The second kappa shape index (κ2) is 7.37. The number of rotatable bonds is 6. The average Bonchev–Trinajstić information content (AvgIpc) is 3.12. The number of aromatic nitrogens is 2. The van der Waals surface area contributed by atoms with Crippen molar-refractivity contribution in [2.75, 3.05) is 0 Å². The lowest BCUT2D eigenvalue weighted by molar-refractivity contribution is 0.101. The Hall–Kier alpha value is -2.91. The molecule has 0 bridgehead atoms. The van der Waals surface area contributed by atoms with Crippen molar-refractivity contribution >= 4 is 15.8 Å². The summed E-state index contributed by atoms with van der Waals surface area (Å²) in [5, 5.41) is 3.79. The number of hydrogen-bond acceptors (Lipinski definition) is 6. The van der Waals surface area contributed by atoms with E-state index in [2.05, 4.69) is 14.9 Å². The van der Waals surface area contributed by atoms with Gasteiger partial charge in [-0.3, -0.25) is 4.79 Å². The van der Waals surface area contributed by atoms with Gasteiger partial charge < -0.3 is 4.52 Å². The predicted octanol–water partition coefficient (Wildman–Crippen LogP) is 3.12. The number of ketones is 1. The number of carbonyl (C=O) groups is 1. The molecule has 0 saturated carbocycles. The molecule has 1 N–H and O–H groups in total. The van der Waals surface area contributed by atoms with E-state index in [0.29, 0.717) is 11.1 Å². The molecule has 9 heteroatoms. The molecule has 3 rings (SSSR count). The molecule has 0 fully saturated rings. The molecule has 2 aromatic carbocycles. The Bertz CT molecular complexity index is 1060. The molecule has 0 amide bonds. The van der Waals surface area contributed by atoms with Gasteiger partial charge in [0.15, 0.2) is 5.78 Å². The molecule has 0 aliphatic rings. The molecule has 1 atom stereocenters. The molecule has 27 heavy (non-hydrogen) atoms. The van der Waals surface area contributed by atoms with Gasteiger partial charge in [0.05, 0.1) is 10.9 Å². The molecule has 1 heterocycles. The van der Waals surface area contributed by atoms with E-state index in [1.165, 1.54) is 55.5 Å². The molecular weight excluding hydrogens is 373 g/mol. The van der Waals surface area contributed by atoms with E-state index in [-0.39, 0.29) is 28.2 Å². The van der Waals surface area contributed by atoms with Crippen molar-refractivity contribution in [1.82, 2.24) is 14.9 Å². The second-order valence-electron chi connectivity index (χ2n) is 5.89. The molecule has 3 aromatic rings. The van der Waals surface area contributed by atoms with E-state index in [1.807, 2.05) is 0 Å². The van der Waals surface area contributed by atoms with Crippen molar-refractivity contribution in [1.29, 1.82) is 0 Å². The third kappa shape index (κ3) is 4.26. The monoisotopic (exact) mass is 389 g/mol. The first-order valence-electron chi connectivity index (χ1n) is 7.99. The summed E-state index contributed by atoms with van der Waals surface area (Å²) in [6.45, 7) is 2.96. The molecule has 1 aromatic heterocycles. The normalized spacial score (nSPS) is 12.7. The zero-order chi connectivity index (χ0) is 19.6. The van der Waals surface area contributed by atoms with Crippen LogP contribution in [0.5, 0.6) is 0 Å². The van der Waals surface area contributed by atoms with Gasteiger partial charge in [0.1, 0.15) is 5.82 Å². The maximum Gasteiger partial charge on any atom is 0.244 e. The van der Waals surface area contributed by atoms with Crippen molar-refractivity contribution < 1.29 is 22.1 Å². The Morgan fingerprint density at radius 1 is 1.11 bits per heavy atom. The van der Waals surface area contributed by atoms with E-state index in [0.717, 1.165) is 0 Å². The van der Waals surface area contributed by atoms with Crippen molar-refractivity contribution in [3.05, 3.63) is 65.8 Å². The number of halogens is 1. The molecule has 0 saturated heterocycles. The average molecular weight is 389 g/mol. The highest BCUT2D eigenvalue weighted by Crippen LogP contribution is 2.21. The van der Waals surface area contributed by atoms with Gasteiger partial charge in [-0.2, -0.15) is 9.71 Å². The first-order chi connectivity index (χ1) is 12.8. The van der Waals surface area contributed by atoms with Crippen molar-refractivity contribution in [3.63, 3.8) is 0 Å². The van der Waals surface area contributed by atoms with Crippen LogP contribution in [0, 0.1) is 5.82 Å². The topological polar surface area (TPSA) is 102 Å². The Balaban J connectivity index is 1.77. The largest absolute Gasteiger partial charge is 0.337 e. The van der Waals surface area contributed by atoms with E-state index < -0.39 is 16.1 Å². The Morgan fingerprint density at radius 2 is 1.74 bits per heavy atom. The molecule has 7 nitrogen and oxygen atoms in total. The number of nitrogens with zero attached hydrogens (tertiary/aromatic N) is 2. The quantitative estimate of drug-likeness (QED) is 0.650. The Kier molecular flexibility index (Phi) is 5.15. The van der Waals surface area contributed by atoms with Crippen LogP contribution in [-0.2, 0) is 10.0 Å². The van der Waals surface area contributed by atoms with Crippen LogP contribution in [0.4, 0.5) is 4.39 Å². The minimum Gasteiger partial charge on any atom is -0.337 e. The fraction of sp³-hybridized carbons (Fsp3) is 0.167. The number of carbonyl (C=O) groups excluding carboxylic acids is 1. The standard InChI is InChI=1S/C18H16FN3O4S/c1-11(18-20-17(21-26-18)14-3-7-15(19)8-4-14)22-27(24,25)16-9-5-13(6-10-16)12(2)23/h3-11,22H,1-2H3. The van der Waals surface area contributed by atoms with Crippen LogP contribution in [0.15, 0.2) is 57.9 Å². The van der Waals surface area contributed by atoms with Crippen molar-refractivity contribution in [2.45, 2.75) is 24.8 Å². The van der Waals surface area contributed by atoms with Crippen LogP contribution in [0.25, 0.3) is 11.4 Å². The van der Waals surface area contributed by atoms with E-state index in [1.54, 1.807) is 6.92 Å². The zero-order valence-corrected chi connectivity index (χ0v) is 15.3. The Morgan fingerprint density at radius 3 is 2.33 bits per heavy atom. The summed E-state index contributed by atoms with van der Waals surface area (Å²) in [5.41, 5.74) is 0.962. The van der Waals surface area contributed by atoms with Gasteiger partial charge in [-0.05, 0) is 50.2 Å². The van der Waals surface area contributed by atoms with Crippen LogP contribution < -0.4 is 4.72 Å². The lowest BCUT2D eigenvalue weighted by Crippen LogP contribution is -2.27. The van der Waals surface area contributed by atoms with E-state index >= 15 is 0 Å². The number of benzene rings is 2. The lowest BCUT2D eigenvalue weighted by Gasteiger charge is -2.10. The molecule has 0 radical (unpaired) electrons. The molecule has 0 aliphatic heterocycles. The first-order valence-corrected chi connectivity index (χ1v) is 9.47. The maximum atomic E-state index is 13.0. The summed E-state index contributed by atoms with van der Waals surface area (Å²) in [4.78, 5) is 15.5.